The van der Waals surface area contributed by atoms with Gasteiger partial charge < -0.3 is 19.4 Å². The van der Waals surface area contributed by atoms with Crippen LogP contribution in [-0.4, -0.2) is 97.1 Å². The summed E-state index contributed by atoms with van der Waals surface area (Å²) in [4.78, 5) is 33.1. The number of carbonyl (C=O) groups is 2. The lowest BCUT2D eigenvalue weighted by molar-refractivity contribution is -0.136. The summed E-state index contributed by atoms with van der Waals surface area (Å²) < 4.78 is 5.31. The van der Waals surface area contributed by atoms with Gasteiger partial charge in [0.15, 0.2) is 0 Å². The number of nitrogens with zero attached hydrogens (tertiary/aromatic N) is 4. The van der Waals surface area contributed by atoms with Gasteiger partial charge in [0.25, 0.3) is 0 Å². The maximum absolute atomic E-state index is 12.8. The average Bonchev–Trinajstić information content (AvgIpc) is 2.73. The lowest BCUT2D eigenvalue weighted by Crippen LogP contribution is -2.58. The molecule has 2 aliphatic rings. The molecule has 27 heavy (non-hydrogen) atoms. The summed E-state index contributed by atoms with van der Waals surface area (Å²) in [7, 11) is 1.85. The van der Waals surface area contributed by atoms with Crippen LogP contribution in [0.1, 0.15) is 12.5 Å². The van der Waals surface area contributed by atoms with E-state index in [2.05, 4.69) is 4.90 Å². The molecule has 3 amide bonds. The van der Waals surface area contributed by atoms with E-state index < -0.39 is 0 Å². The highest BCUT2D eigenvalue weighted by Gasteiger charge is 2.31. The number of carbonyl (C=O) groups excluding carboxylic acids is 2. The summed E-state index contributed by atoms with van der Waals surface area (Å²) in [5, 5.41) is 0. The van der Waals surface area contributed by atoms with Gasteiger partial charge in [-0.25, -0.2) is 4.79 Å². The predicted molar refractivity (Wildman–Crippen MR) is 103 cm³/mol. The van der Waals surface area contributed by atoms with Crippen LogP contribution in [0.25, 0.3) is 0 Å². The fourth-order valence-corrected chi connectivity index (χ4v) is 3.67. The van der Waals surface area contributed by atoms with Crippen molar-refractivity contribution in [3.05, 3.63) is 35.9 Å². The van der Waals surface area contributed by atoms with Crippen molar-refractivity contribution in [3.63, 3.8) is 0 Å². The summed E-state index contributed by atoms with van der Waals surface area (Å²) in [6.07, 6.45) is 0. The highest BCUT2D eigenvalue weighted by atomic mass is 16.5. The highest BCUT2D eigenvalue weighted by molar-refractivity contribution is 5.81. The molecule has 2 fully saturated rings. The van der Waals surface area contributed by atoms with Gasteiger partial charge in [-0.3, -0.25) is 9.69 Å². The van der Waals surface area contributed by atoms with E-state index in [9.17, 15) is 9.59 Å². The van der Waals surface area contributed by atoms with Crippen LogP contribution in [0.2, 0.25) is 0 Å². The van der Waals surface area contributed by atoms with E-state index in [1.54, 1.807) is 4.90 Å². The van der Waals surface area contributed by atoms with Crippen molar-refractivity contribution in [1.82, 2.24) is 19.6 Å². The van der Waals surface area contributed by atoms with Gasteiger partial charge >= 0.3 is 6.03 Å². The quantitative estimate of drug-likeness (QED) is 0.792. The third-order valence-corrected chi connectivity index (χ3v) is 5.41. The van der Waals surface area contributed by atoms with Gasteiger partial charge in [-0.15, -0.1) is 0 Å². The molecule has 7 heteroatoms. The first-order chi connectivity index (χ1) is 13.1. The average molecular weight is 374 g/mol. The predicted octanol–water partition coefficient (Wildman–Crippen LogP) is 1.10. The number of hydrogen-bond acceptors (Lipinski definition) is 4. The van der Waals surface area contributed by atoms with E-state index in [1.807, 2.05) is 54.1 Å². The largest absolute Gasteiger partial charge is 0.378 e. The topological polar surface area (TPSA) is 56.3 Å². The van der Waals surface area contributed by atoms with E-state index in [-0.39, 0.29) is 18.0 Å². The fraction of sp³-hybridized carbons (Fsp3) is 0.600. The van der Waals surface area contributed by atoms with Crippen molar-refractivity contribution in [2.24, 2.45) is 0 Å². The third kappa shape index (κ3) is 4.99. The number of morpholine rings is 1. The summed E-state index contributed by atoms with van der Waals surface area (Å²) in [5.74, 6) is 0.117. The number of benzene rings is 1. The zero-order valence-corrected chi connectivity index (χ0v) is 16.3. The molecule has 2 aliphatic heterocycles. The standard InChI is InChI=1S/C20H30N4O3/c1-17(19(25)21(2)16-18-6-4-3-5-7-18)22-8-10-23(11-9-22)20(26)24-12-14-27-15-13-24/h3-7,17H,8-16H2,1-2H3. The first kappa shape index (κ1) is 19.6. The van der Waals surface area contributed by atoms with Crippen LogP contribution >= 0.6 is 0 Å². The Morgan fingerprint density at radius 1 is 1.00 bits per heavy atom. The van der Waals surface area contributed by atoms with Crippen molar-refractivity contribution in [3.8, 4) is 0 Å². The SMILES string of the molecule is CC(C(=O)N(C)Cc1ccccc1)N1CCN(C(=O)N2CCOCC2)CC1. The number of urea groups is 1. The molecule has 2 saturated heterocycles. The third-order valence-electron chi connectivity index (χ3n) is 5.41. The zero-order chi connectivity index (χ0) is 19.2. The number of rotatable bonds is 4. The Morgan fingerprint density at radius 3 is 2.22 bits per heavy atom. The van der Waals surface area contributed by atoms with Gasteiger partial charge in [0.1, 0.15) is 0 Å². The van der Waals surface area contributed by atoms with Gasteiger partial charge in [0.05, 0.1) is 19.3 Å². The molecule has 1 atom stereocenters. The Hall–Kier alpha value is -2.12. The van der Waals surface area contributed by atoms with Crippen molar-refractivity contribution in [1.29, 1.82) is 0 Å². The van der Waals surface area contributed by atoms with Crippen LogP contribution in [0, 0.1) is 0 Å². The molecule has 0 spiro atoms. The van der Waals surface area contributed by atoms with Gasteiger partial charge in [-0.05, 0) is 12.5 Å². The first-order valence-corrected chi connectivity index (χ1v) is 9.71. The maximum atomic E-state index is 12.8. The maximum Gasteiger partial charge on any atom is 0.320 e. The van der Waals surface area contributed by atoms with Crippen molar-refractivity contribution in [2.45, 2.75) is 19.5 Å². The lowest BCUT2D eigenvalue weighted by atomic mass is 10.1. The second-order valence-corrected chi connectivity index (χ2v) is 7.26. The molecule has 1 aromatic carbocycles. The number of amides is 3. The van der Waals surface area contributed by atoms with Crippen LogP contribution in [0.4, 0.5) is 4.79 Å². The second-order valence-electron chi connectivity index (χ2n) is 7.26. The molecule has 0 aromatic heterocycles. The summed E-state index contributed by atoms with van der Waals surface area (Å²) >= 11 is 0. The van der Waals surface area contributed by atoms with Crippen molar-refractivity contribution < 1.29 is 14.3 Å². The molecular weight excluding hydrogens is 344 g/mol. The minimum Gasteiger partial charge on any atom is -0.378 e. The van der Waals surface area contributed by atoms with Gasteiger partial charge in [0.2, 0.25) is 5.91 Å². The molecule has 7 nitrogen and oxygen atoms in total. The Labute approximate surface area is 161 Å². The molecule has 0 radical (unpaired) electrons. The lowest BCUT2D eigenvalue weighted by Gasteiger charge is -2.40. The fourth-order valence-electron chi connectivity index (χ4n) is 3.67. The van der Waals surface area contributed by atoms with Crippen molar-refractivity contribution >= 4 is 11.9 Å². The molecular formula is C20H30N4O3. The summed E-state index contributed by atoms with van der Waals surface area (Å²) in [6, 6.07) is 9.93. The van der Waals surface area contributed by atoms with Crippen LogP contribution in [0.15, 0.2) is 30.3 Å². The van der Waals surface area contributed by atoms with E-state index in [1.165, 1.54) is 0 Å². The van der Waals surface area contributed by atoms with E-state index in [0.717, 1.165) is 18.7 Å². The molecule has 3 rings (SSSR count). The number of ether oxygens (including phenoxy) is 1. The van der Waals surface area contributed by atoms with Crippen molar-refractivity contribution in [2.75, 3.05) is 59.5 Å². The molecule has 2 heterocycles. The zero-order valence-electron chi connectivity index (χ0n) is 16.3. The molecule has 0 N–H and O–H groups in total. The Bertz CT molecular complexity index is 625. The number of hydrogen-bond donors (Lipinski definition) is 0. The summed E-state index contributed by atoms with van der Waals surface area (Å²) in [6.45, 7) is 7.91. The molecule has 148 valence electrons. The van der Waals surface area contributed by atoms with Crippen LogP contribution in [0.3, 0.4) is 0 Å². The molecule has 0 aliphatic carbocycles. The highest BCUT2D eigenvalue weighted by Crippen LogP contribution is 2.13. The second kappa shape index (κ2) is 9.19. The minimum absolute atomic E-state index is 0.0955. The number of piperazine rings is 1. The first-order valence-electron chi connectivity index (χ1n) is 9.71. The van der Waals surface area contributed by atoms with Gasteiger partial charge in [0, 0.05) is 52.9 Å². The number of likely N-dealkylation sites (N-methyl/N-ethyl adjacent to an activating group) is 1. The normalized spacial score (nSPS) is 19.6. The van der Waals surface area contributed by atoms with Crippen LogP contribution < -0.4 is 0 Å². The van der Waals surface area contributed by atoms with Gasteiger partial charge in [-0.2, -0.15) is 0 Å². The molecule has 0 bridgehead atoms. The van der Waals surface area contributed by atoms with Crippen LogP contribution in [-0.2, 0) is 16.1 Å². The van der Waals surface area contributed by atoms with E-state index in [4.69, 9.17) is 4.74 Å². The molecule has 0 saturated carbocycles. The Balaban J connectivity index is 1.48. The Kier molecular flexibility index (Phi) is 6.68. The Morgan fingerprint density at radius 2 is 1.59 bits per heavy atom. The summed E-state index contributed by atoms with van der Waals surface area (Å²) in [5.41, 5.74) is 1.13. The smallest absolute Gasteiger partial charge is 0.320 e. The molecule has 1 aromatic rings. The monoisotopic (exact) mass is 374 g/mol. The van der Waals surface area contributed by atoms with Gasteiger partial charge in [-0.1, -0.05) is 30.3 Å². The minimum atomic E-state index is -0.181. The van der Waals surface area contributed by atoms with E-state index in [0.29, 0.717) is 45.9 Å². The molecule has 1 unspecified atom stereocenters. The van der Waals surface area contributed by atoms with Crippen LogP contribution in [0.5, 0.6) is 0 Å². The van der Waals surface area contributed by atoms with E-state index >= 15 is 0 Å².